The van der Waals surface area contributed by atoms with Gasteiger partial charge in [-0.2, -0.15) is 0 Å². The Bertz CT molecular complexity index is 795. The average Bonchev–Trinajstić information content (AvgIpc) is 2.60. The molecule has 5 heteroatoms. The fourth-order valence-electron chi connectivity index (χ4n) is 2.60. The van der Waals surface area contributed by atoms with Gasteiger partial charge in [-0.05, 0) is 18.6 Å². The van der Waals surface area contributed by atoms with E-state index in [9.17, 15) is 14.4 Å². The second-order valence-corrected chi connectivity index (χ2v) is 5.76. The Kier molecular flexibility index (Phi) is 4.42. The minimum absolute atomic E-state index is 0.127. The molecule has 0 unspecified atom stereocenters. The summed E-state index contributed by atoms with van der Waals surface area (Å²) < 4.78 is 5.17. The van der Waals surface area contributed by atoms with Crippen LogP contribution < -0.4 is 5.32 Å². The van der Waals surface area contributed by atoms with Gasteiger partial charge in [0.1, 0.15) is 0 Å². The van der Waals surface area contributed by atoms with Crippen molar-refractivity contribution in [3.63, 3.8) is 0 Å². The summed E-state index contributed by atoms with van der Waals surface area (Å²) in [6.45, 7) is 1.81. The van der Waals surface area contributed by atoms with E-state index in [0.29, 0.717) is 17.5 Å². The van der Waals surface area contributed by atoms with E-state index in [1.165, 1.54) is 0 Å². The number of nitrogens with one attached hydrogen (secondary N) is 1. The van der Waals surface area contributed by atoms with Crippen molar-refractivity contribution >= 4 is 17.7 Å². The number of hydrogen-bond donors (Lipinski definition) is 1. The van der Waals surface area contributed by atoms with E-state index in [1.807, 2.05) is 25.1 Å². The van der Waals surface area contributed by atoms with Gasteiger partial charge in [-0.1, -0.05) is 48.0 Å². The first-order valence-corrected chi connectivity index (χ1v) is 7.71. The molecule has 0 bridgehead atoms. The molecular weight excluding hydrogens is 306 g/mol. The Morgan fingerprint density at radius 3 is 2.58 bits per heavy atom. The van der Waals surface area contributed by atoms with Gasteiger partial charge in [-0.3, -0.25) is 9.59 Å². The van der Waals surface area contributed by atoms with Crippen molar-refractivity contribution in [1.29, 1.82) is 0 Å². The third-order valence-corrected chi connectivity index (χ3v) is 3.98. The number of esters is 1. The van der Waals surface area contributed by atoms with Crippen LogP contribution in [0.1, 0.15) is 31.8 Å². The van der Waals surface area contributed by atoms with Gasteiger partial charge >= 0.3 is 5.97 Å². The van der Waals surface area contributed by atoms with E-state index in [4.69, 9.17) is 4.74 Å². The van der Waals surface area contributed by atoms with E-state index in [-0.39, 0.29) is 12.3 Å². The van der Waals surface area contributed by atoms with Crippen LogP contribution in [-0.2, 0) is 16.0 Å². The SMILES string of the molecule is Cc1ccc(C(=O)CNC(=O)[C@@H]2Cc3ccccc3C(=O)O2)cc1. The summed E-state index contributed by atoms with van der Waals surface area (Å²) in [5, 5.41) is 2.55. The third kappa shape index (κ3) is 3.35. The van der Waals surface area contributed by atoms with Crippen molar-refractivity contribution < 1.29 is 19.1 Å². The van der Waals surface area contributed by atoms with Crippen molar-refractivity contribution in [3.8, 4) is 0 Å². The smallest absolute Gasteiger partial charge is 0.339 e. The minimum Gasteiger partial charge on any atom is -0.448 e. The molecular formula is C19H17NO4. The zero-order valence-electron chi connectivity index (χ0n) is 13.2. The van der Waals surface area contributed by atoms with Crippen molar-refractivity contribution in [2.24, 2.45) is 0 Å². The summed E-state index contributed by atoms with van der Waals surface area (Å²) in [6, 6.07) is 14.2. The fourth-order valence-corrected chi connectivity index (χ4v) is 2.60. The van der Waals surface area contributed by atoms with Crippen LogP contribution in [0.4, 0.5) is 0 Å². The maximum absolute atomic E-state index is 12.2. The molecule has 2 aromatic carbocycles. The Labute approximate surface area is 139 Å². The largest absolute Gasteiger partial charge is 0.448 e. The monoisotopic (exact) mass is 323 g/mol. The second kappa shape index (κ2) is 6.66. The van der Waals surface area contributed by atoms with Crippen LogP contribution in [0.5, 0.6) is 0 Å². The molecule has 5 nitrogen and oxygen atoms in total. The molecule has 0 aliphatic carbocycles. The van der Waals surface area contributed by atoms with Crippen molar-refractivity contribution in [2.75, 3.05) is 6.54 Å². The standard InChI is InChI=1S/C19H17NO4/c1-12-6-8-13(9-7-12)16(21)11-20-18(22)17-10-14-4-2-3-5-15(14)19(23)24-17/h2-9,17H,10-11H2,1H3,(H,20,22)/t17-/m0/s1. The summed E-state index contributed by atoms with van der Waals surface area (Å²) >= 11 is 0. The van der Waals surface area contributed by atoms with Crippen molar-refractivity contribution in [1.82, 2.24) is 5.32 Å². The van der Waals surface area contributed by atoms with Gasteiger partial charge in [0.2, 0.25) is 0 Å². The Morgan fingerprint density at radius 1 is 1.12 bits per heavy atom. The van der Waals surface area contributed by atoms with Crippen LogP contribution in [-0.4, -0.2) is 30.3 Å². The molecule has 0 spiro atoms. The number of ketones is 1. The van der Waals surface area contributed by atoms with Gasteiger partial charge in [0, 0.05) is 12.0 Å². The number of fused-ring (bicyclic) bond motifs is 1. The first-order chi connectivity index (χ1) is 11.5. The summed E-state index contributed by atoms with van der Waals surface area (Å²) in [4.78, 5) is 36.2. The molecule has 1 atom stereocenters. The molecule has 0 saturated heterocycles. The molecule has 1 heterocycles. The summed E-state index contributed by atoms with van der Waals surface area (Å²) in [5.41, 5.74) is 2.85. The zero-order chi connectivity index (χ0) is 17.1. The highest BCUT2D eigenvalue weighted by molar-refractivity contribution is 6.00. The quantitative estimate of drug-likeness (QED) is 0.691. The maximum atomic E-state index is 12.2. The topological polar surface area (TPSA) is 72.5 Å². The first-order valence-electron chi connectivity index (χ1n) is 7.71. The van der Waals surface area contributed by atoms with Crippen LogP contribution in [0.25, 0.3) is 0 Å². The highest BCUT2D eigenvalue weighted by atomic mass is 16.5. The number of Topliss-reactive ketones (excluding diaryl/α,β-unsaturated/α-hetero) is 1. The van der Waals surface area contributed by atoms with Gasteiger partial charge < -0.3 is 10.1 Å². The molecule has 24 heavy (non-hydrogen) atoms. The highest BCUT2D eigenvalue weighted by Gasteiger charge is 2.31. The summed E-state index contributed by atoms with van der Waals surface area (Å²) in [5.74, 6) is -1.16. The lowest BCUT2D eigenvalue weighted by atomic mass is 9.98. The Hall–Kier alpha value is -2.95. The summed E-state index contributed by atoms with van der Waals surface area (Å²) in [6.07, 6.45) is -0.592. The molecule has 3 rings (SSSR count). The number of carbonyl (C=O) groups is 3. The van der Waals surface area contributed by atoms with Crippen LogP contribution >= 0.6 is 0 Å². The number of ether oxygens (including phenoxy) is 1. The lowest BCUT2D eigenvalue weighted by Gasteiger charge is -2.23. The number of amides is 1. The highest BCUT2D eigenvalue weighted by Crippen LogP contribution is 2.20. The molecule has 1 aliphatic rings. The molecule has 0 radical (unpaired) electrons. The lowest BCUT2D eigenvalue weighted by molar-refractivity contribution is -0.130. The predicted octanol–water partition coefficient (Wildman–Crippen LogP) is 2.08. The summed E-state index contributed by atoms with van der Waals surface area (Å²) in [7, 11) is 0. The third-order valence-electron chi connectivity index (χ3n) is 3.98. The number of aryl methyl sites for hydroxylation is 1. The molecule has 0 saturated carbocycles. The normalized spacial score (nSPS) is 16.0. The molecule has 1 N–H and O–H groups in total. The van der Waals surface area contributed by atoms with Crippen LogP contribution in [0.15, 0.2) is 48.5 Å². The molecule has 2 aromatic rings. The molecule has 122 valence electrons. The molecule has 0 fully saturated rings. The number of cyclic esters (lactones) is 1. The Morgan fingerprint density at radius 2 is 1.83 bits per heavy atom. The van der Waals surface area contributed by atoms with Gasteiger partial charge in [0.25, 0.3) is 5.91 Å². The lowest BCUT2D eigenvalue weighted by Crippen LogP contribution is -2.43. The molecule has 1 amide bonds. The zero-order valence-corrected chi connectivity index (χ0v) is 13.2. The number of benzene rings is 2. The van der Waals surface area contributed by atoms with Crippen molar-refractivity contribution in [2.45, 2.75) is 19.4 Å². The molecule has 0 aromatic heterocycles. The number of carbonyl (C=O) groups excluding carboxylic acids is 3. The van der Waals surface area contributed by atoms with Gasteiger partial charge in [-0.25, -0.2) is 4.79 Å². The van der Waals surface area contributed by atoms with Gasteiger partial charge in [-0.15, -0.1) is 0 Å². The van der Waals surface area contributed by atoms with Crippen LogP contribution in [0.2, 0.25) is 0 Å². The number of hydrogen-bond acceptors (Lipinski definition) is 4. The second-order valence-electron chi connectivity index (χ2n) is 5.76. The van der Waals surface area contributed by atoms with E-state index < -0.39 is 18.0 Å². The van der Waals surface area contributed by atoms with Gasteiger partial charge in [0.15, 0.2) is 11.9 Å². The minimum atomic E-state index is -0.904. The van der Waals surface area contributed by atoms with E-state index >= 15 is 0 Å². The molecule has 1 aliphatic heterocycles. The van der Waals surface area contributed by atoms with E-state index in [0.717, 1.165) is 11.1 Å². The van der Waals surface area contributed by atoms with Crippen LogP contribution in [0.3, 0.4) is 0 Å². The fraction of sp³-hybridized carbons (Fsp3) is 0.211. The maximum Gasteiger partial charge on any atom is 0.339 e. The Balaban J connectivity index is 1.61. The van der Waals surface area contributed by atoms with Crippen LogP contribution in [0, 0.1) is 6.92 Å². The average molecular weight is 323 g/mol. The van der Waals surface area contributed by atoms with E-state index in [2.05, 4.69) is 5.32 Å². The van der Waals surface area contributed by atoms with E-state index in [1.54, 1.807) is 30.3 Å². The number of rotatable bonds is 4. The van der Waals surface area contributed by atoms with Crippen molar-refractivity contribution in [3.05, 3.63) is 70.8 Å². The van der Waals surface area contributed by atoms with Gasteiger partial charge in [0.05, 0.1) is 12.1 Å². The first kappa shape index (κ1) is 15.9. The predicted molar refractivity (Wildman–Crippen MR) is 87.9 cm³/mol.